The molecular weight excluding hydrogens is 438 g/mol. The van der Waals surface area contributed by atoms with Gasteiger partial charge in [0.2, 0.25) is 5.91 Å². The number of hydrogen-bond donors (Lipinski definition) is 1. The Hall–Kier alpha value is -3.70. The zero-order valence-electron chi connectivity index (χ0n) is 18.6. The number of fused-ring (bicyclic) bond motifs is 1. The smallest absolute Gasteiger partial charge is 0.248 e. The topological polar surface area (TPSA) is 60.7 Å². The molecule has 5 nitrogen and oxygen atoms in total. The van der Waals surface area contributed by atoms with Crippen molar-refractivity contribution in [2.75, 3.05) is 19.0 Å². The first-order valence-corrected chi connectivity index (χ1v) is 10.9. The lowest BCUT2D eigenvalue weighted by Crippen LogP contribution is -2.09. The van der Waals surface area contributed by atoms with Crippen LogP contribution in [0.1, 0.15) is 19.4 Å². The van der Waals surface area contributed by atoms with Crippen LogP contribution in [0.2, 0.25) is 5.02 Å². The normalized spacial score (nSPS) is 11.5. The van der Waals surface area contributed by atoms with Crippen LogP contribution in [-0.4, -0.2) is 19.6 Å². The SMILES string of the molecule is CCOc1cc2occ(-c3ccc(OC)cc3)c2cc1/C(C)=C/C(=O)Nc1ccccc1Cl. The third-order valence-corrected chi connectivity index (χ3v) is 5.61. The largest absolute Gasteiger partial charge is 0.497 e. The van der Waals surface area contributed by atoms with Crippen LogP contribution >= 0.6 is 11.6 Å². The van der Waals surface area contributed by atoms with Gasteiger partial charge in [-0.2, -0.15) is 0 Å². The standard InChI is InChI=1S/C27H24ClNO4/c1-4-32-25-15-26-21(22(16-33-26)18-9-11-19(31-3)12-10-18)14-20(25)17(2)13-27(30)29-24-8-6-5-7-23(24)28/h5-16H,4H2,1-3H3,(H,29,30)/b17-13+. The van der Waals surface area contributed by atoms with Crippen LogP contribution in [0.15, 0.2) is 77.4 Å². The molecule has 0 bridgehead atoms. The number of halogens is 1. The Labute approximate surface area is 197 Å². The lowest BCUT2D eigenvalue weighted by atomic mass is 9.99. The Morgan fingerprint density at radius 2 is 1.88 bits per heavy atom. The number of hydrogen-bond acceptors (Lipinski definition) is 4. The predicted molar refractivity (Wildman–Crippen MR) is 133 cm³/mol. The highest BCUT2D eigenvalue weighted by atomic mass is 35.5. The van der Waals surface area contributed by atoms with Crippen LogP contribution in [0, 0.1) is 0 Å². The molecule has 3 aromatic carbocycles. The predicted octanol–water partition coefficient (Wildman–Crippen LogP) is 7.20. The van der Waals surface area contributed by atoms with Crippen molar-refractivity contribution in [3.05, 3.63) is 83.6 Å². The van der Waals surface area contributed by atoms with Crippen LogP contribution in [0.25, 0.3) is 27.7 Å². The number of methoxy groups -OCH3 is 1. The average Bonchev–Trinajstić information content (AvgIpc) is 3.23. The molecule has 6 heteroatoms. The maximum absolute atomic E-state index is 12.7. The first-order valence-electron chi connectivity index (χ1n) is 10.6. The van der Waals surface area contributed by atoms with E-state index >= 15 is 0 Å². The van der Waals surface area contributed by atoms with E-state index in [1.807, 2.05) is 62.4 Å². The summed E-state index contributed by atoms with van der Waals surface area (Å²) in [5, 5.41) is 4.23. The number of amides is 1. The minimum atomic E-state index is -0.272. The zero-order valence-corrected chi connectivity index (χ0v) is 19.4. The van der Waals surface area contributed by atoms with Crippen LogP contribution in [0.3, 0.4) is 0 Å². The van der Waals surface area contributed by atoms with Gasteiger partial charge in [-0.25, -0.2) is 0 Å². The molecular formula is C27H24ClNO4. The molecule has 0 saturated heterocycles. The Kier molecular flexibility index (Phi) is 6.71. The summed E-state index contributed by atoms with van der Waals surface area (Å²) in [6.07, 6.45) is 3.27. The highest BCUT2D eigenvalue weighted by molar-refractivity contribution is 6.33. The van der Waals surface area contributed by atoms with Gasteiger partial charge in [-0.15, -0.1) is 0 Å². The maximum Gasteiger partial charge on any atom is 0.248 e. The minimum absolute atomic E-state index is 0.272. The van der Waals surface area contributed by atoms with Gasteiger partial charge in [0.15, 0.2) is 0 Å². The molecule has 0 aliphatic carbocycles. The quantitative estimate of drug-likeness (QED) is 0.295. The summed E-state index contributed by atoms with van der Waals surface area (Å²) in [6.45, 7) is 4.29. The van der Waals surface area contributed by atoms with Crippen LogP contribution in [-0.2, 0) is 4.79 Å². The Bertz CT molecular complexity index is 1320. The number of ether oxygens (including phenoxy) is 2. The van der Waals surface area contributed by atoms with Crippen molar-refractivity contribution in [2.45, 2.75) is 13.8 Å². The second kappa shape index (κ2) is 9.84. The van der Waals surface area contributed by atoms with Crippen molar-refractivity contribution in [2.24, 2.45) is 0 Å². The van der Waals surface area contributed by atoms with E-state index in [4.69, 9.17) is 25.5 Å². The van der Waals surface area contributed by atoms with Crippen LogP contribution < -0.4 is 14.8 Å². The average molecular weight is 462 g/mol. The van der Waals surface area contributed by atoms with E-state index in [1.165, 1.54) is 0 Å². The van der Waals surface area contributed by atoms with Crippen molar-refractivity contribution in [3.8, 4) is 22.6 Å². The van der Waals surface area contributed by atoms with Crippen molar-refractivity contribution < 1.29 is 18.7 Å². The van der Waals surface area contributed by atoms with E-state index in [1.54, 1.807) is 31.6 Å². The molecule has 0 unspecified atom stereocenters. The Balaban J connectivity index is 1.72. The van der Waals surface area contributed by atoms with Gasteiger partial charge < -0.3 is 19.2 Å². The fourth-order valence-corrected chi connectivity index (χ4v) is 3.82. The van der Waals surface area contributed by atoms with Crippen LogP contribution in [0.4, 0.5) is 5.69 Å². The van der Waals surface area contributed by atoms with Gasteiger partial charge in [0.1, 0.15) is 17.1 Å². The van der Waals surface area contributed by atoms with E-state index < -0.39 is 0 Å². The summed E-state index contributed by atoms with van der Waals surface area (Å²) in [5.41, 5.74) is 4.79. The lowest BCUT2D eigenvalue weighted by molar-refractivity contribution is -0.111. The fraction of sp³-hybridized carbons (Fsp3) is 0.148. The number of furan rings is 1. The summed E-state index contributed by atoms with van der Waals surface area (Å²) in [5.74, 6) is 1.17. The van der Waals surface area contributed by atoms with Gasteiger partial charge in [0.05, 0.1) is 30.7 Å². The Morgan fingerprint density at radius 1 is 1.12 bits per heavy atom. The molecule has 1 N–H and O–H groups in total. The lowest BCUT2D eigenvalue weighted by Gasteiger charge is -2.12. The highest BCUT2D eigenvalue weighted by Gasteiger charge is 2.15. The molecule has 4 aromatic rings. The molecule has 4 rings (SSSR count). The molecule has 168 valence electrons. The fourth-order valence-electron chi connectivity index (χ4n) is 3.64. The Morgan fingerprint density at radius 3 is 2.58 bits per heavy atom. The molecule has 1 amide bonds. The molecule has 0 atom stereocenters. The number of rotatable bonds is 7. The van der Waals surface area contributed by atoms with Gasteiger partial charge in [-0.05, 0) is 55.3 Å². The minimum Gasteiger partial charge on any atom is -0.497 e. The van der Waals surface area contributed by atoms with E-state index in [9.17, 15) is 4.79 Å². The van der Waals surface area contributed by atoms with E-state index in [-0.39, 0.29) is 5.91 Å². The number of carbonyl (C=O) groups is 1. The molecule has 1 aromatic heterocycles. The molecule has 0 fully saturated rings. The van der Waals surface area contributed by atoms with Gasteiger partial charge in [-0.1, -0.05) is 35.9 Å². The first kappa shape index (κ1) is 22.5. The van der Waals surface area contributed by atoms with Crippen molar-refractivity contribution in [1.82, 2.24) is 0 Å². The third-order valence-electron chi connectivity index (χ3n) is 5.28. The van der Waals surface area contributed by atoms with E-state index in [2.05, 4.69) is 5.32 Å². The van der Waals surface area contributed by atoms with Gasteiger partial charge in [-0.3, -0.25) is 4.79 Å². The second-order valence-corrected chi connectivity index (χ2v) is 7.86. The molecule has 0 radical (unpaired) electrons. The summed E-state index contributed by atoms with van der Waals surface area (Å²) < 4.78 is 17.0. The molecule has 0 aliphatic heterocycles. The first-order chi connectivity index (χ1) is 16.0. The summed E-state index contributed by atoms with van der Waals surface area (Å²) in [6, 6.07) is 18.8. The monoisotopic (exact) mass is 461 g/mol. The van der Waals surface area contributed by atoms with Crippen LogP contribution in [0.5, 0.6) is 11.5 Å². The number of nitrogens with one attached hydrogen (secondary N) is 1. The summed E-state index contributed by atoms with van der Waals surface area (Å²) in [7, 11) is 1.64. The number of allylic oxidation sites excluding steroid dienone is 1. The summed E-state index contributed by atoms with van der Waals surface area (Å²) in [4.78, 5) is 12.7. The van der Waals surface area contributed by atoms with Gasteiger partial charge in [0, 0.05) is 28.7 Å². The van der Waals surface area contributed by atoms with Crippen molar-refractivity contribution in [3.63, 3.8) is 0 Å². The highest BCUT2D eigenvalue weighted by Crippen LogP contribution is 2.38. The van der Waals surface area contributed by atoms with E-state index in [0.717, 1.165) is 33.4 Å². The molecule has 0 saturated carbocycles. The molecule has 33 heavy (non-hydrogen) atoms. The number of carbonyl (C=O) groups excluding carboxylic acids is 1. The number of anilines is 1. The zero-order chi connectivity index (χ0) is 23.4. The maximum atomic E-state index is 12.7. The van der Waals surface area contributed by atoms with Gasteiger partial charge >= 0.3 is 0 Å². The molecule has 0 spiro atoms. The van der Waals surface area contributed by atoms with E-state index in [0.29, 0.717) is 28.6 Å². The number of para-hydroxylation sites is 1. The van der Waals surface area contributed by atoms with Crippen molar-refractivity contribution >= 4 is 39.7 Å². The molecule has 1 heterocycles. The second-order valence-electron chi connectivity index (χ2n) is 7.45. The van der Waals surface area contributed by atoms with Crippen molar-refractivity contribution in [1.29, 1.82) is 0 Å². The third kappa shape index (κ3) is 4.89. The van der Waals surface area contributed by atoms with Gasteiger partial charge in [0.25, 0.3) is 0 Å². The number of benzene rings is 3. The molecule has 0 aliphatic rings. The summed E-state index contributed by atoms with van der Waals surface area (Å²) >= 11 is 6.16.